The second-order valence-corrected chi connectivity index (χ2v) is 6.35. The van der Waals surface area contributed by atoms with Crippen LogP contribution < -0.4 is 4.90 Å². The molecule has 0 N–H and O–H groups in total. The molecular weight excluding hydrogens is 296 g/mol. The first-order valence-electron chi connectivity index (χ1n) is 8.21. The zero-order valence-corrected chi connectivity index (χ0v) is 12.8. The molecule has 2 aromatic rings. The summed E-state index contributed by atoms with van der Waals surface area (Å²) in [5.74, 6) is 1.52. The van der Waals surface area contributed by atoms with Crippen LogP contribution in [-0.2, 0) is 0 Å². The van der Waals surface area contributed by atoms with Crippen LogP contribution in [0.2, 0.25) is 0 Å². The lowest BCUT2D eigenvalue weighted by Gasteiger charge is -2.27. The van der Waals surface area contributed by atoms with Crippen molar-refractivity contribution in [2.45, 2.75) is 44.1 Å². The molecule has 23 heavy (non-hydrogen) atoms. The Labute approximate surface area is 134 Å². The minimum Gasteiger partial charge on any atom is -0.349 e. The van der Waals surface area contributed by atoms with Crippen LogP contribution in [-0.4, -0.2) is 16.5 Å². The largest absolute Gasteiger partial charge is 0.349 e. The van der Waals surface area contributed by atoms with Gasteiger partial charge in [-0.3, -0.25) is 0 Å². The summed E-state index contributed by atoms with van der Waals surface area (Å²) in [6.07, 6.45) is 1.54. The fourth-order valence-electron chi connectivity index (χ4n) is 3.32. The molecule has 2 fully saturated rings. The average molecular weight is 315 g/mol. The van der Waals surface area contributed by atoms with E-state index in [1.54, 1.807) is 0 Å². The van der Waals surface area contributed by atoms with Crippen molar-refractivity contribution < 1.29 is 8.78 Å². The van der Waals surface area contributed by atoms with E-state index in [1.165, 1.54) is 11.6 Å². The van der Waals surface area contributed by atoms with E-state index in [9.17, 15) is 8.78 Å². The highest BCUT2D eigenvalue weighted by Crippen LogP contribution is 2.41. The summed E-state index contributed by atoms with van der Waals surface area (Å²) in [5.41, 5.74) is 1.07. The van der Waals surface area contributed by atoms with E-state index < -0.39 is 6.43 Å². The van der Waals surface area contributed by atoms with E-state index in [1.807, 2.05) is 18.2 Å². The lowest BCUT2D eigenvalue weighted by Crippen LogP contribution is -2.24. The van der Waals surface area contributed by atoms with E-state index in [2.05, 4.69) is 27.0 Å². The molecule has 1 atom stereocenters. The van der Waals surface area contributed by atoms with Crippen LogP contribution in [0.3, 0.4) is 0 Å². The van der Waals surface area contributed by atoms with Gasteiger partial charge in [-0.2, -0.15) is 0 Å². The molecule has 1 aromatic carbocycles. The molecule has 1 aliphatic carbocycles. The van der Waals surface area contributed by atoms with E-state index in [-0.39, 0.29) is 17.7 Å². The molecule has 0 bridgehead atoms. The number of nitrogens with zero attached hydrogens (tertiary/aromatic N) is 3. The van der Waals surface area contributed by atoms with Crippen molar-refractivity contribution in [3.8, 4) is 0 Å². The summed E-state index contributed by atoms with van der Waals surface area (Å²) in [4.78, 5) is 10.9. The molecular formula is C18H19F2N3. The van der Waals surface area contributed by atoms with E-state index in [0.717, 1.165) is 32.2 Å². The molecule has 1 unspecified atom stereocenters. The molecule has 4 rings (SSSR count). The highest BCUT2D eigenvalue weighted by Gasteiger charge is 2.32. The van der Waals surface area contributed by atoms with Gasteiger partial charge in [0.2, 0.25) is 0 Å². The smallest absolute Gasteiger partial charge is 0.280 e. The fourth-order valence-corrected chi connectivity index (χ4v) is 3.32. The lowest BCUT2D eigenvalue weighted by atomic mass is 10.0. The molecule has 1 saturated heterocycles. The van der Waals surface area contributed by atoms with Crippen LogP contribution in [0.1, 0.15) is 61.2 Å². The maximum absolute atomic E-state index is 13.2. The summed E-state index contributed by atoms with van der Waals surface area (Å²) in [7, 11) is 0. The van der Waals surface area contributed by atoms with Crippen molar-refractivity contribution in [1.29, 1.82) is 0 Å². The van der Waals surface area contributed by atoms with Crippen molar-refractivity contribution in [3.05, 3.63) is 53.5 Å². The minimum atomic E-state index is -2.55. The van der Waals surface area contributed by atoms with Crippen molar-refractivity contribution in [1.82, 2.24) is 9.97 Å². The number of rotatable bonds is 4. The maximum atomic E-state index is 13.2. The number of hydrogen-bond acceptors (Lipinski definition) is 3. The molecule has 1 aromatic heterocycles. The van der Waals surface area contributed by atoms with Gasteiger partial charge in [0.05, 0.1) is 6.04 Å². The zero-order chi connectivity index (χ0) is 15.8. The molecule has 5 heteroatoms. The minimum absolute atomic E-state index is 0.143. The van der Waals surface area contributed by atoms with Gasteiger partial charge in [-0.05, 0) is 31.2 Å². The Hall–Kier alpha value is -2.04. The molecule has 2 heterocycles. The Morgan fingerprint density at radius 3 is 2.52 bits per heavy atom. The third-order valence-electron chi connectivity index (χ3n) is 4.65. The Morgan fingerprint density at radius 2 is 1.83 bits per heavy atom. The summed E-state index contributed by atoms with van der Waals surface area (Å²) in [6.45, 7) is 0.851. The predicted molar refractivity (Wildman–Crippen MR) is 84.7 cm³/mol. The van der Waals surface area contributed by atoms with Gasteiger partial charge < -0.3 is 4.90 Å². The molecule has 3 nitrogen and oxygen atoms in total. The first kappa shape index (κ1) is 14.5. The molecule has 0 radical (unpaired) electrons. The topological polar surface area (TPSA) is 29.0 Å². The van der Waals surface area contributed by atoms with Gasteiger partial charge >= 0.3 is 0 Å². The van der Waals surface area contributed by atoms with Crippen molar-refractivity contribution in [3.63, 3.8) is 0 Å². The van der Waals surface area contributed by atoms with E-state index >= 15 is 0 Å². The fraction of sp³-hybridized carbons (Fsp3) is 0.444. The van der Waals surface area contributed by atoms with Crippen molar-refractivity contribution in [2.75, 3.05) is 11.4 Å². The van der Waals surface area contributed by atoms with Gasteiger partial charge in [-0.15, -0.1) is 0 Å². The number of benzene rings is 1. The highest BCUT2D eigenvalue weighted by molar-refractivity contribution is 5.46. The Morgan fingerprint density at radius 1 is 1.04 bits per heavy atom. The second-order valence-electron chi connectivity index (χ2n) is 6.35. The van der Waals surface area contributed by atoms with E-state index in [0.29, 0.717) is 11.6 Å². The monoisotopic (exact) mass is 315 g/mol. The first-order valence-corrected chi connectivity index (χ1v) is 8.21. The second kappa shape index (κ2) is 5.87. The van der Waals surface area contributed by atoms with Gasteiger partial charge in [0.15, 0.2) is 0 Å². The van der Waals surface area contributed by atoms with Crippen molar-refractivity contribution >= 4 is 5.82 Å². The Kier molecular flexibility index (Phi) is 3.71. The van der Waals surface area contributed by atoms with Crippen LogP contribution in [0.25, 0.3) is 0 Å². The molecule has 1 aliphatic heterocycles. The zero-order valence-electron chi connectivity index (χ0n) is 12.8. The quantitative estimate of drug-likeness (QED) is 0.823. The van der Waals surface area contributed by atoms with Crippen LogP contribution in [0, 0.1) is 0 Å². The number of hydrogen-bond donors (Lipinski definition) is 0. The lowest BCUT2D eigenvalue weighted by molar-refractivity contribution is 0.145. The number of anilines is 1. The standard InChI is InChI=1S/C18H19F2N3/c19-17(20)14-11-16(22-18(21-14)13-8-9-13)23-10-4-7-15(23)12-5-2-1-3-6-12/h1-3,5-6,11,13,15,17H,4,7-10H2. The molecule has 1 saturated carbocycles. The van der Waals surface area contributed by atoms with Gasteiger partial charge in [0.25, 0.3) is 6.43 Å². The number of aromatic nitrogens is 2. The maximum Gasteiger partial charge on any atom is 0.280 e. The van der Waals surface area contributed by atoms with Crippen LogP contribution in [0.4, 0.5) is 14.6 Å². The number of halogens is 2. The van der Waals surface area contributed by atoms with E-state index in [4.69, 9.17) is 0 Å². The van der Waals surface area contributed by atoms with Crippen LogP contribution in [0.5, 0.6) is 0 Å². The van der Waals surface area contributed by atoms with Gasteiger partial charge in [-0.25, -0.2) is 18.7 Å². The predicted octanol–water partition coefficient (Wildman–Crippen LogP) is 4.63. The highest BCUT2D eigenvalue weighted by atomic mass is 19.3. The third kappa shape index (κ3) is 2.92. The van der Waals surface area contributed by atoms with Crippen LogP contribution in [0.15, 0.2) is 36.4 Å². The van der Waals surface area contributed by atoms with Gasteiger partial charge in [0.1, 0.15) is 17.3 Å². The Balaban J connectivity index is 1.71. The Bertz CT molecular complexity index is 666. The van der Waals surface area contributed by atoms with Crippen molar-refractivity contribution in [2.24, 2.45) is 0 Å². The molecule has 2 aliphatic rings. The SMILES string of the molecule is FC(F)c1cc(N2CCCC2c2ccccc2)nc(C2CC2)n1. The number of alkyl halides is 2. The van der Waals surface area contributed by atoms with Gasteiger partial charge in [-0.1, -0.05) is 30.3 Å². The summed E-state index contributed by atoms with van der Waals surface area (Å²) < 4.78 is 26.4. The summed E-state index contributed by atoms with van der Waals surface area (Å²) >= 11 is 0. The van der Waals surface area contributed by atoms with Crippen LogP contribution >= 0.6 is 0 Å². The first-order chi connectivity index (χ1) is 11.2. The average Bonchev–Trinajstić information content (AvgIpc) is 3.32. The summed E-state index contributed by atoms with van der Waals surface area (Å²) in [6, 6.07) is 11.9. The molecule has 0 amide bonds. The normalized spacial score (nSPS) is 21.2. The molecule has 0 spiro atoms. The van der Waals surface area contributed by atoms with Gasteiger partial charge in [0, 0.05) is 18.5 Å². The summed E-state index contributed by atoms with van der Waals surface area (Å²) in [5, 5.41) is 0. The molecule has 120 valence electrons. The third-order valence-corrected chi connectivity index (χ3v) is 4.65.